The fourth-order valence-corrected chi connectivity index (χ4v) is 8.21. The van der Waals surface area contributed by atoms with E-state index in [0.29, 0.717) is 28.9 Å². The van der Waals surface area contributed by atoms with Crippen LogP contribution in [-0.4, -0.2) is 29.9 Å². The first-order valence-electron chi connectivity index (χ1n) is 19.5. The number of rotatable bonds is 7. The van der Waals surface area contributed by atoms with E-state index in [1.165, 1.54) is 11.1 Å². The van der Waals surface area contributed by atoms with Gasteiger partial charge in [-0.25, -0.2) is 24.9 Å². The predicted octanol–water partition coefficient (Wildman–Crippen LogP) is 12.3. The van der Waals surface area contributed by atoms with E-state index in [9.17, 15) is 0 Å². The molecule has 0 atom stereocenters. The van der Waals surface area contributed by atoms with E-state index in [0.717, 1.165) is 50.2 Å². The number of aromatic nitrogens is 6. The summed E-state index contributed by atoms with van der Waals surface area (Å²) in [5, 5.41) is 0. The van der Waals surface area contributed by atoms with Crippen LogP contribution >= 0.6 is 0 Å². The van der Waals surface area contributed by atoms with Crippen molar-refractivity contribution in [1.29, 1.82) is 0 Å². The zero-order chi connectivity index (χ0) is 39.4. The van der Waals surface area contributed by atoms with Crippen molar-refractivity contribution in [2.75, 3.05) is 0 Å². The Balaban J connectivity index is 1.05. The number of pyridine rings is 1. The second-order valence-electron chi connectivity index (χ2n) is 16.6. The molecule has 57 heavy (non-hydrogen) atoms. The maximum Gasteiger partial charge on any atom is 0.167 e. The molecule has 0 radical (unpaired) electrons. The highest BCUT2D eigenvalue weighted by Gasteiger charge is 2.56. The van der Waals surface area contributed by atoms with Gasteiger partial charge in [0.15, 0.2) is 23.3 Å². The molecule has 0 amide bonds. The summed E-state index contributed by atoms with van der Waals surface area (Å²) < 4.78 is 0. The number of hydrogen-bond acceptors (Lipinski definition) is 6. The van der Waals surface area contributed by atoms with Gasteiger partial charge < -0.3 is 0 Å². The Morgan fingerprint density at radius 2 is 0.772 bits per heavy atom. The Morgan fingerprint density at radius 3 is 1.30 bits per heavy atom. The van der Waals surface area contributed by atoms with E-state index in [2.05, 4.69) is 114 Å². The molecule has 1 aliphatic carbocycles. The molecule has 3 heterocycles. The van der Waals surface area contributed by atoms with Gasteiger partial charge in [0.25, 0.3) is 0 Å². The molecule has 0 saturated carbocycles. The van der Waals surface area contributed by atoms with Gasteiger partial charge in [0.05, 0.1) is 11.3 Å². The number of nitrogens with zero attached hydrogens (tertiary/aromatic N) is 6. The summed E-state index contributed by atoms with van der Waals surface area (Å²) in [6.45, 7) is 14.2. The monoisotopic (exact) mass is 740 g/mol. The second-order valence-corrected chi connectivity index (χ2v) is 16.6. The number of hydrogen-bond donors (Lipinski definition) is 0. The van der Waals surface area contributed by atoms with E-state index >= 15 is 0 Å². The largest absolute Gasteiger partial charge is 0.255 e. The van der Waals surface area contributed by atoms with E-state index in [1.807, 2.05) is 72.9 Å². The lowest BCUT2D eigenvalue weighted by atomic mass is 9.59. The number of fused-ring (bicyclic) bond motifs is 1. The molecule has 5 aromatic carbocycles. The van der Waals surface area contributed by atoms with Gasteiger partial charge in [-0.05, 0) is 80.0 Å². The van der Waals surface area contributed by atoms with Crippen LogP contribution in [0.4, 0.5) is 0 Å². The predicted molar refractivity (Wildman–Crippen MR) is 231 cm³/mol. The molecule has 0 saturated heterocycles. The third kappa shape index (κ3) is 6.31. The van der Waals surface area contributed by atoms with Crippen LogP contribution in [0.2, 0.25) is 0 Å². The van der Waals surface area contributed by atoms with Gasteiger partial charge in [0, 0.05) is 40.8 Å². The lowest BCUT2D eigenvalue weighted by Gasteiger charge is -2.44. The van der Waals surface area contributed by atoms with E-state index in [1.54, 1.807) is 12.4 Å². The van der Waals surface area contributed by atoms with Gasteiger partial charge in [-0.3, -0.25) is 4.98 Å². The molecule has 0 unspecified atom stereocenters. The molecular weight excluding hydrogens is 697 g/mol. The average Bonchev–Trinajstić information content (AvgIpc) is 3.37. The Bertz CT molecular complexity index is 2640. The summed E-state index contributed by atoms with van der Waals surface area (Å²) in [6.07, 6.45) is 5.42. The van der Waals surface area contributed by atoms with Crippen LogP contribution in [0, 0.1) is 5.41 Å². The molecule has 0 spiro atoms. The van der Waals surface area contributed by atoms with Crippen molar-refractivity contribution >= 4 is 0 Å². The highest BCUT2D eigenvalue weighted by Crippen LogP contribution is 2.61. The molecular formula is C51H44N6. The van der Waals surface area contributed by atoms with Gasteiger partial charge in [-0.15, -0.1) is 0 Å². The molecule has 0 N–H and O–H groups in total. The van der Waals surface area contributed by atoms with Crippen LogP contribution in [0.1, 0.15) is 52.7 Å². The first kappa shape index (κ1) is 36.0. The van der Waals surface area contributed by atoms with Gasteiger partial charge in [0.2, 0.25) is 0 Å². The van der Waals surface area contributed by atoms with E-state index in [4.69, 9.17) is 29.9 Å². The van der Waals surface area contributed by atoms with Crippen molar-refractivity contribution in [3.8, 4) is 79.1 Å². The smallest absolute Gasteiger partial charge is 0.167 e. The standard InChI is InChI=1S/C51H44N6/c1-49(2)42-25-23-37(29-43(42)50(3,4)51(49,5)6)44-26-24-40(30-52-44)45-53-31-41(32-54-45)48-56-46(38-21-13-19-35(27-38)33-15-9-7-10-16-33)55-47(57-48)39-22-14-20-36(28-39)34-17-11-8-12-18-34/h7-32H,1-6H3. The molecule has 6 heteroatoms. The Morgan fingerprint density at radius 1 is 0.316 bits per heavy atom. The van der Waals surface area contributed by atoms with Gasteiger partial charge in [-0.1, -0.05) is 151 Å². The first-order valence-corrected chi connectivity index (χ1v) is 19.5. The molecule has 278 valence electrons. The SMILES string of the molecule is CC1(C)c2ccc(-c3ccc(-c4ncc(-c5nc(-c6cccc(-c7ccccc7)c6)nc(-c6cccc(-c7ccccc7)c6)n5)cn4)cn3)cc2C(C)(C)C1(C)C. The van der Waals surface area contributed by atoms with Crippen LogP contribution in [0.3, 0.4) is 0 Å². The fraction of sp³-hybridized carbons (Fsp3) is 0.176. The highest BCUT2D eigenvalue weighted by molar-refractivity contribution is 5.75. The summed E-state index contributed by atoms with van der Waals surface area (Å²) in [4.78, 5) is 29.5. The quantitative estimate of drug-likeness (QED) is 0.162. The van der Waals surface area contributed by atoms with Crippen molar-refractivity contribution in [3.63, 3.8) is 0 Å². The van der Waals surface area contributed by atoms with Crippen molar-refractivity contribution in [3.05, 3.63) is 169 Å². The van der Waals surface area contributed by atoms with Crippen molar-refractivity contribution in [2.45, 2.75) is 52.4 Å². The van der Waals surface area contributed by atoms with Crippen molar-refractivity contribution in [2.24, 2.45) is 5.41 Å². The summed E-state index contributed by atoms with van der Waals surface area (Å²) in [5.41, 5.74) is 12.8. The zero-order valence-corrected chi connectivity index (χ0v) is 33.2. The van der Waals surface area contributed by atoms with E-state index < -0.39 is 0 Å². The molecule has 3 aromatic heterocycles. The van der Waals surface area contributed by atoms with Crippen LogP contribution in [0.15, 0.2) is 158 Å². The Labute approximate surface area is 334 Å². The third-order valence-electron chi connectivity index (χ3n) is 12.8. The van der Waals surface area contributed by atoms with E-state index in [-0.39, 0.29) is 16.2 Å². The van der Waals surface area contributed by atoms with Crippen LogP contribution in [0.5, 0.6) is 0 Å². The van der Waals surface area contributed by atoms with Crippen LogP contribution in [0.25, 0.3) is 79.1 Å². The summed E-state index contributed by atoms with van der Waals surface area (Å²) in [7, 11) is 0. The summed E-state index contributed by atoms with van der Waals surface area (Å²) in [5.74, 6) is 2.22. The zero-order valence-electron chi connectivity index (χ0n) is 33.2. The van der Waals surface area contributed by atoms with Crippen molar-refractivity contribution < 1.29 is 0 Å². The minimum absolute atomic E-state index is 0.0236. The number of benzene rings is 5. The molecule has 9 rings (SSSR count). The minimum atomic E-state index is 0.0236. The normalized spacial score (nSPS) is 14.9. The fourth-order valence-electron chi connectivity index (χ4n) is 8.21. The van der Waals surface area contributed by atoms with Gasteiger partial charge in [-0.2, -0.15) is 0 Å². The van der Waals surface area contributed by atoms with Crippen LogP contribution in [-0.2, 0) is 10.8 Å². The van der Waals surface area contributed by atoms with Gasteiger partial charge in [0.1, 0.15) is 0 Å². The lowest BCUT2D eigenvalue weighted by Crippen LogP contribution is -2.42. The Kier molecular flexibility index (Phi) is 8.73. The average molecular weight is 741 g/mol. The second kappa shape index (κ2) is 13.8. The van der Waals surface area contributed by atoms with Crippen LogP contribution < -0.4 is 0 Å². The Hall–Kier alpha value is -6.66. The maximum atomic E-state index is 5.04. The van der Waals surface area contributed by atoms with Gasteiger partial charge >= 0.3 is 0 Å². The summed E-state index contributed by atoms with van der Waals surface area (Å²) in [6, 6.07) is 48.2. The topological polar surface area (TPSA) is 77.3 Å². The minimum Gasteiger partial charge on any atom is -0.255 e. The molecule has 1 aliphatic rings. The molecule has 8 aromatic rings. The summed E-state index contributed by atoms with van der Waals surface area (Å²) >= 11 is 0. The lowest BCUT2D eigenvalue weighted by molar-refractivity contribution is 0.125. The third-order valence-corrected chi connectivity index (χ3v) is 12.8. The highest BCUT2D eigenvalue weighted by atomic mass is 15.0. The first-order chi connectivity index (χ1) is 27.5. The molecule has 0 aliphatic heterocycles. The maximum absolute atomic E-state index is 5.04. The van der Waals surface area contributed by atoms with Crippen molar-refractivity contribution in [1.82, 2.24) is 29.9 Å². The molecule has 0 fully saturated rings. The molecule has 0 bridgehead atoms. The molecule has 6 nitrogen and oxygen atoms in total.